The van der Waals surface area contributed by atoms with Crippen LogP contribution in [0.1, 0.15) is 33.6 Å². The van der Waals surface area contributed by atoms with Crippen LogP contribution in [0.25, 0.3) is 0 Å². The minimum Gasteiger partial charge on any atom is -0.486 e. The molecule has 2 aromatic rings. The van der Waals surface area contributed by atoms with Gasteiger partial charge in [-0.05, 0) is 45.4 Å². The summed E-state index contributed by atoms with van der Waals surface area (Å²) in [6, 6.07) is 3.97. The van der Waals surface area contributed by atoms with Gasteiger partial charge in [0.15, 0.2) is 5.15 Å². The fourth-order valence-electron chi connectivity index (χ4n) is 3.55. The third-order valence-electron chi connectivity index (χ3n) is 5.78. The van der Waals surface area contributed by atoms with Crippen molar-refractivity contribution in [2.24, 2.45) is 5.73 Å². The van der Waals surface area contributed by atoms with Gasteiger partial charge < -0.3 is 14.2 Å². The van der Waals surface area contributed by atoms with Crippen LogP contribution < -0.4 is 20.1 Å². The van der Waals surface area contributed by atoms with Crippen LogP contribution in [0, 0.1) is 0 Å². The third-order valence-corrected chi connectivity index (χ3v) is 7.95. The molecule has 0 bridgehead atoms. The molecule has 16 heteroatoms. The van der Waals surface area contributed by atoms with Gasteiger partial charge in [-0.15, -0.1) is 0 Å². The molecule has 39 heavy (non-hydrogen) atoms. The summed E-state index contributed by atoms with van der Waals surface area (Å²) in [5, 5.41) is 5.96. The monoisotopic (exact) mass is 595 g/mol. The molecule has 0 saturated carbocycles. The van der Waals surface area contributed by atoms with E-state index in [-0.39, 0.29) is 40.4 Å². The first-order valence-corrected chi connectivity index (χ1v) is 13.5. The zero-order chi connectivity index (χ0) is 29.2. The smallest absolute Gasteiger partial charge is 0.427 e. The van der Waals surface area contributed by atoms with Crippen LogP contribution in [0.15, 0.2) is 41.6 Å². The van der Waals surface area contributed by atoms with E-state index in [2.05, 4.69) is 21.7 Å². The van der Waals surface area contributed by atoms with Crippen LogP contribution in [0.5, 0.6) is 5.75 Å². The summed E-state index contributed by atoms with van der Waals surface area (Å²) in [6.45, 7) is 7.06. The highest BCUT2D eigenvalue weighted by Crippen LogP contribution is 2.41. The highest BCUT2D eigenvalue weighted by Gasteiger charge is 2.51. The Labute approximate surface area is 228 Å². The molecule has 1 aliphatic heterocycles. The Bertz CT molecular complexity index is 1330. The van der Waals surface area contributed by atoms with E-state index in [4.69, 9.17) is 26.8 Å². The van der Waals surface area contributed by atoms with Crippen molar-refractivity contribution >= 4 is 39.1 Å². The predicted octanol–water partition coefficient (Wildman–Crippen LogP) is 4.63. The van der Waals surface area contributed by atoms with Crippen LogP contribution in [-0.2, 0) is 26.0 Å². The van der Waals surface area contributed by atoms with E-state index in [0.29, 0.717) is 39.0 Å². The molecule has 0 unspecified atom stereocenters. The first-order chi connectivity index (χ1) is 18.1. The van der Waals surface area contributed by atoms with Crippen molar-refractivity contribution in [3.05, 3.63) is 41.9 Å². The van der Waals surface area contributed by atoms with Crippen molar-refractivity contribution < 1.29 is 40.6 Å². The fourth-order valence-corrected chi connectivity index (χ4v) is 5.49. The lowest BCUT2D eigenvalue weighted by Gasteiger charge is -2.35. The summed E-state index contributed by atoms with van der Waals surface area (Å²) in [5.41, 5.74) is 2.60. The van der Waals surface area contributed by atoms with Crippen molar-refractivity contribution in [2.75, 3.05) is 22.9 Å². The maximum absolute atomic E-state index is 13.8. The Morgan fingerprint density at radius 3 is 2.64 bits per heavy atom. The quantitative estimate of drug-likeness (QED) is 0.300. The fraction of sp³-hybridized carbons (Fsp3) is 0.478. The Balaban J connectivity index is 1.95. The minimum absolute atomic E-state index is 0.0245. The maximum Gasteiger partial charge on any atom is 0.427 e. The van der Waals surface area contributed by atoms with Crippen molar-refractivity contribution in [3.63, 3.8) is 0 Å². The van der Waals surface area contributed by atoms with Gasteiger partial charge in [0.2, 0.25) is 5.60 Å². The van der Waals surface area contributed by atoms with Crippen LogP contribution in [0.4, 0.5) is 29.3 Å². The number of fused-ring (bicyclic) bond motifs is 1. The third kappa shape index (κ3) is 6.89. The van der Waals surface area contributed by atoms with Crippen molar-refractivity contribution in [1.29, 1.82) is 0 Å². The molecule has 1 aromatic heterocycles. The number of hydrogen-bond donors (Lipinski definition) is 2. The molecule has 3 rings (SSSR count). The second-order valence-corrected chi connectivity index (χ2v) is 11.2. The number of aryl methyl sites for hydroxylation is 1. The second-order valence-electron chi connectivity index (χ2n) is 9.01. The lowest BCUT2D eigenvalue weighted by molar-refractivity contribution is -0.242. The Kier molecular flexibility index (Phi) is 8.97. The number of amides is 1. The number of halogens is 4. The van der Waals surface area contributed by atoms with E-state index < -0.39 is 34.0 Å². The Hall–Kier alpha value is -3.17. The van der Waals surface area contributed by atoms with Crippen molar-refractivity contribution in [2.45, 2.75) is 62.9 Å². The van der Waals surface area contributed by atoms with Gasteiger partial charge in [0, 0.05) is 24.8 Å². The molecule has 216 valence electrons. The van der Waals surface area contributed by atoms with E-state index in [1.165, 1.54) is 29.1 Å². The number of carbonyl (C=O) groups excluding carboxylic acids is 1. The van der Waals surface area contributed by atoms with Crippen LogP contribution in [0.2, 0.25) is 5.15 Å². The first kappa shape index (κ1) is 30.4. The van der Waals surface area contributed by atoms with Crippen LogP contribution in [-0.4, -0.2) is 55.4 Å². The molecule has 0 radical (unpaired) electrons. The standard InChI is InChI=1S/C23H29ClF3N5O6S/c1-5-31-12-19(20(24)30-31)39(34,35)32-11-16(8-6-14(2)36-13-28)37-18-9-7-15(10-17(18)32)29-21(33)38-22(3,4)23(25,26)27/h7,9-10,12,16H,2,5-6,8,11,13,28H2,1,3-4H3,(H,29,33)/t16-/m0/s1. The second kappa shape index (κ2) is 11.5. The highest BCUT2D eigenvalue weighted by atomic mass is 35.5. The number of benzene rings is 1. The summed E-state index contributed by atoms with van der Waals surface area (Å²) >= 11 is 6.15. The van der Waals surface area contributed by atoms with E-state index >= 15 is 0 Å². The summed E-state index contributed by atoms with van der Waals surface area (Å²) in [4.78, 5) is 12.0. The molecule has 11 nitrogen and oxygen atoms in total. The maximum atomic E-state index is 13.8. The zero-order valence-corrected chi connectivity index (χ0v) is 23.0. The van der Waals surface area contributed by atoms with Gasteiger partial charge in [-0.25, -0.2) is 13.2 Å². The molecular formula is C23H29ClF3N5O6S. The number of ether oxygens (including phenoxy) is 3. The van der Waals surface area contributed by atoms with E-state index in [0.717, 1.165) is 4.31 Å². The van der Waals surface area contributed by atoms with Gasteiger partial charge >= 0.3 is 12.3 Å². The number of sulfonamides is 1. The molecule has 0 fully saturated rings. The van der Waals surface area contributed by atoms with Gasteiger partial charge in [0.05, 0.1) is 18.0 Å². The molecular weight excluding hydrogens is 567 g/mol. The lowest BCUT2D eigenvalue weighted by Crippen LogP contribution is -2.44. The minimum atomic E-state index is -4.81. The van der Waals surface area contributed by atoms with Gasteiger partial charge in [-0.3, -0.25) is 20.0 Å². The largest absolute Gasteiger partial charge is 0.486 e. The first-order valence-electron chi connectivity index (χ1n) is 11.7. The van der Waals surface area contributed by atoms with E-state index in [1.54, 1.807) is 6.92 Å². The summed E-state index contributed by atoms with van der Waals surface area (Å²) in [5.74, 6) is 0.544. The molecule has 0 spiro atoms. The van der Waals surface area contributed by atoms with Gasteiger partial charge in [0.1, 0.15) is 23.5 Å². The number of nitrogens with one attached hydrogen (secondary N) is 1. The number of rotatable bonds is 10. The summed E-state index contributed by atoms with van der Waals surface area (Å²) in [7, 11) is -4.30. The number of hydrogen-bond acceptors (Lipinski definition) is 8. The Morgan fingerprint density at radius 1 is 1.36 bits per heavy atom. The number of allylic oxidation sites excluding steroid dienone is 1. The average Bonchev–Trinajstić information content (AvgIpc) is 3.23. The highest BCUT2D eigenvalue weighted by molar-refractivity contribution is 7.93. The van der Waals surface area contributed by atoms with E-state index in [1.807, 2.05) is 0 Å². The number of alkyl halides is 3. The summed E-state index contributed by atoms with van der Waals surface area (Å²) in [6.07, 6.45) is -4.88. The molecule has 1 aliphatic rings. The van der Waals surface area contributed by atoms with E-state index in [9.17, 15) is 26.4 Å². The summed E-state index contributed by atoms with van der Waals surface area (Å²) < 4.78 is 85.0. The topological polar surface area (TPSA) is 138 Å². The molecule has 1 atom stereocenters. The molecule has 1 amide bonds. The number of anilines is 2. The SMILES string of the molecule is C=C(CC[C@H]1CN(S(=O)(=O)c2cn(CC)nc2Cl)c2cc(NC(=O)OC(C)(C)C(F)(F)F)ccc2O1)OCN. The molecule has 2 heterocycles. The van der Waals surface area contributed by atoms with Gasteiger partial charge in [-0.1, -0.05) is 18.2 Å². The lowest BCUT2D eigenvalue weighted by atomic mass is 10.1. The number of aromatic nitrogens is 2. The normalized spacial score (nSPS) is 15.8. The molecule has 0 saturated heterocycles. The van der Waals surface area contributed by atoms with Crippen molar-refractivity contribution in [3.8, 4) is 5.75 Å². The number of nitrogens with two attached hydrogens (primary N) is 1. The van der Waals surface area contributed by atoms with Gasteiger partial charge in [0.25, 0.3) is 10.0 Å². The van der Waals surface area contributed by atoms with Crippen LogP contribution in [0.3, 0.4) is 0 Å². The number of carbonyl (C=O) groups is 1. The zero-order valence-electron chi connectivity index (χ0n) is 21.4. The predicted molar refractivity (Wildman–Crippen MR) is 137 cm³/mol. The Morgan fingerprint density at radius 2 is 2.05 bits per heavy atom. The number of nitrogens with zero attached hydrogens (tertiary/aromatic N) is 3. The average molecular weight is 596 g/mol. The van der Waals surface area contributed by atoms with Crippen molar-refractivity contribution in [1.82, 2.24) is 9.78 Å². The molecule has 3 N–H and O–H groups in total. The molecule has 1 aromatic carbocycles. The molecule has 0 aliphatic carbocycles. The van der Waals surface area contributed by atoms with Gasteiger partial charge in [-0.2, -0.15) is 18.3 Å². The van der Waals surface area contributed by atoms with Crippen LogP contribution >= 0.6 is 11.6 Å².